The molecule has 1 aromatic rings. The molecular weight excluding hydrogens is 444 g/mol. The summed E-state index contributed by atoms with van der Waals surface area (Å²) in [6.07, 6.45) is -0.302. The summed E-state index contributed by atoms with van der Waals surface area (Å²) in [6, 6.07) is 3.34. The highest BCUT2D eigenvalue weighted by Crippen LogP contribution is 2.16. The normalized spacial score (nSPS) is 13.2. The molecule has 0 aliphatic heterocycles. The molecule has 1 aromatic carbocycles. The molecule has 12 nitrogen and oxygen atoms in total. The Morgan fingerprint density at radius 1 is 0.906 bits per heavy atom. The monoisotopic (exact) mass is 470 g/mol. The summed E-state index contributed by atoms with van der Waals surface area (Å²) < 4.78 is 0. The summed E-state index contributed by atoms with van der Waals surface area (Å²) in [5.41, 5.74) is 0.989. The minimum Gasteiger partial charge on any atom is -0.480 e. The number of amides is 2. The van der Waals surface area contributed by atoms with E-state index < -0.39 is 54.4 Å². The average molecular weight is 471 g/mol. The van der Waals surface area contributed by atoms with Gasteiger partial charge in [0.1, 0.15) is 24.7 Å². The summed E-state index contributed by atoms with van der Waals surface area (Å²) in [5, 5.41) is 37.0. The van der Waals surface area contributed by atoms with Crippen molar-refractivity contribution >= 4 is 53.7 Å². The van der Waals surface area contributed by atoms with E-state index in [9.17, 15) is 29.1 Å². The third-order valence-corrected chi connectivity index (χ3v) is 4.55. The third kappa shape index (κ3) is 9.55. The highest BCUT2D eigenvalue weighted by atomic mass is 32.1. The van der Waals surface area contributed by atoms with Gasteiger partial charge in [-0.2, -0.15) is 12.6 Å². The van der Waals surface area contributed by atoms with Crippen LogP contribution in [0.15, 0.2) is 24.3 Å². The highest BCUT2D eigenvalue weighted by Gasteiger charge is 2.22. The molecule has 0 radical (unpaired) electrons. The molecule has 32 heavy (non-hydrogen) atoms. The first kappa shape index (κ1) is 26.6. The molecule has 13 heteroatoms. The van der Waals surface area contributed by atoms with Crippen LogP contribution in [0.2, 0.25) is 0 Å². The van der Waals surface area contributed by atoms with Gasteiger partial charge in [-0.15, -0.1) is 0 Å². The second-order valence-electron chi connectivity index (χ2n) is 6.77. The molecule has 0 aliphatic carbocycles. The van der Waals surface area contributed by atoms with Crippen molar-refractivity contribution in [2.45, 2.75) is 37.9 Å². The number of hydrogen-bond donors (Lipinski definition) is 8. The van der Waals surface area contributed by atoms with Crippen molar-refractivity contribution in [3.63, 3.8) is 0 Å². The van der Waals surface area contributed by atoms with E-state index in [1.807, 2.05) is 0 Å². The van der Waals surface area contributed by atoms with Gasteiger partial charge in [-0.25, -0.2) is 4.79 Å². The molecule has 7 N–H and O–H groups in total. The second kappa shape index (κ2) is 13.0. The second-order valence-corrected chi connectivity index (χ2v) is 7.13. The lowest BCUT2D eigenvalue weighted by Crippen LogP contribution is -2.49. The van der Waals surface area contributed by atoms with E-state index in [0.717, 1.165) is 0 Å². The van der Waals surface area contributed by atoms with Gasteiger partial charge >= 0.3 is 17.9 Å². The van der Waals surface area contributed by atoms with Crippen molar-refractivity contribution in [3.05, 3.63) is 24.3 Å². The molecular formula is C19H26N4O8S. The average Bonchev–Trinajstić information content (AvgIpc) is 2.73. The van der Waals surface area contributed by atoms with Gasteiger partial charge < -0.3 is 36.6 Å². The van der Waals surface area contributed by atoms with Crippen LogP contribution in [0.3, 0.4) is 0 Å². The predicted octanol–water partition coefficient (Wildman–Crippen LogP) is -0.168. The highest BCUT2D eigenvalue weighted by molar-refractivity contribution is 7.80. The van der Waals surface area contributed by atoms with E-state index >= 15 is 0 Å². The van der Waals surface area contributed by atoms with Crippen LogP contribution in [0.1, 0.15) is 19.8 Å². The number of carboxylic acid groups (broad SMARTS) is 3. The maximum absolute atomic E-state index is 12.1. The first-order valence-electron chi connectivity index (χ1n) is 9.52. The number of thiol groups is 1. The fourth-order valence-corrected chi connectivity index (χ4v) is 2.71. The van der Waals surface area contributed by atoms with Gasteiger partial charge in [-0.3, -0.25) is 19.2 Å². The number of rotatable bonds is 14. The Labute approximate surface area is 189 Å². The molecule has 0 spiro atoms. The van der Waals surface area contributed by atoms with Crippen molar-refractivity contribution in [1.29, 1.82) is 0 Å². The van der Waals surface area contributed by atoms with Gasteiger partial charge in [0.05, 0.1) is 0 Å². The molecule has 0 saturated carbocycles. The van der Waals surface area contributed by atoms with Crippen LogP contribution in [-0.4, -0.2) is 75.5 Å². The zero-order valence-electron chi connectivity index (χ0n) is 17.2. The van der Waals surface area contributed by atoms with Gasteiger partial charge in [-0.05, 0) is 37.6 Å². The van der Waals surface area contributed by atoms with E-state index in [1.165, 1.54) is 6.92 Å². The smallest absolute Gasteiger partial charge is 0.326 e. The summed E-state index contributed by atoms with van der Waals surface area (Å²) in [4.78, 5) is 56.9. The number of anilines is 2. The van der Waals surface area contributed by atoms with Crippen LogP contribution in [0.5, 0.6) is 0 Å². The zero-order valence-corrected chi connectivity index (χ0v) is 18.1. The molecule has 0 unspecified atom stereocenters. The number of nitrogens with one attached hydrogen (secondary N) is 4. The van der Waals surface area contributed by atoms with E-state index in [-0.39, 0.29) is 18.6 Å². The van der Waals surface area contributed by atoms with Crippen molar-refractivity contribution in [3.8, 4) is 0 Å². The molecule has 0 fully saturated rings. The lowest BCUT2D eigenvalue weighted by molar-refractivity contribution is -0.139. The quantitative estimate of drug-likeness (QED) is 0.169. The number of carboxylic acids is 3. The van der Waals surface area contributed by atoms with E-state index in [0.29, 0.717) is 11.4 Å². The van der Waals surface area contributed by atoms with Crippen molar-refractivity contribution in [1.82, 2.24) is 10.6 Å². The summed E-state index contributed by atoms with van der Waals surface area (Å²) in [6.45, 7) is 0.877. The molecule has 0 bridgehead atoms. The van der Waals surface area contributed by atoms with Crippen LogP contribution in [0, 0.1) is 0 Å². The summed E-state index contributed by atoms with van der Waals surface area (Å²) in [7, 11) is 0. The van der Waals surface area contributed by atoms with Crippen LogP contribution >= 0.6 is 12.6 Å². The molecule has 3 atom stereocenters. The molecule has 0 aromatic heterocycles. The first-order chi connectivity index (χ1) is 15.0. The minimum absolute atomic E-state index is 0.0708. The van der Waals surface area contributed by atoms with Crippen molar-refractivity contribution in [2.24, 2.45) is 0 Å². The lowest BCUT2D eigenvalue weighted by atomic mass is 10.1. The maximum atomic E-state index is 12.1. The van der Waals surface area contributed by atoms with Gasteiger partial charge in [0.2, 0.25) is 11.8 Å². The molecule has 176 valence electrons. The topological polar surface area (TPSA) is 194 Å². The lowest BCUT2D eigenvalue weighted by Gasteiger charge is -2.18. The fourth-order valence-electron chi connectivity index (χ4n) is 2.45. The van der Waals surface area contributed by atoms with Gasteiger partial charge in [0.15, 0.2) is 0 Å². The number of carbonyl (C=O) groups excluding carboxylic acids is 2. The molecule has 0 saturated heterocycles. The van der Waals surface area contributed by atoms with Gasteiger partial charge in [0.25, 0.3) is 0 Å². The van der Waals surface area contributed by atoms with Gasteiger partial charge in [0, 0.05) is 23.5 Å². The predicted molar refractivity (Wildman–Crippen MR) is 118 cm³/mol. The third-order valence-electron chi connectivity index (χ3n) is 4.19. The van der Waals surface area contributed by atoms with Crippen molar-refractivity contribution < 1.29 is 39.3 Å². The Hall–Kier alpha value is -3.48. The van der Waals surface area contributed by atoms with Crippen LogP contribution < -0.4 is 21.3 Å². The number of benzene rings is 1. The first-order valence-corrected chi connectivity index (χ1v) is 10.1. The van der Waals surface area contributed by atoms with Crippen molar-refractivity contribution in [2.75, 3.05) is 22.9 Å². The van der Waals surface area contributed by atoms with E-state index in [1.54, 1.807) is 24.3 Å². The van der Waals surface area contributed by atoms with E-state index in [4.69, 9.17) is 10.2 Å². The Kier molecular flexibility index (Phi) is 10.8. The number of carbonyl (C=O) groups is 5. The number of aliphatic carboxylic acids is 3. The zero-order chi connectivity index (χ0) is 24.3. The molecule has 1 rings (SSSR count). The fraction of sp³-hybridized carbons (Fsp3) is 0.421. The Balaban J connectivity index is 2.61. The van der Waals surface area contributed by atoms with Crippen LogP contribution in [-0.2, 0) is 24.0 Å². The maximum Gasteiger partial charge on any atom is 0.326 e. The Morgan fingerprint density at radius 3 is 1.94 bits per heavy atom. The summed E-state index contributed by atoms with van der Waals surface area (Å²) >= 11 is 3.95. The van der Waals surface area contributed by atoms with Crippen LogP contribution in [0.4, 0.5) is 11.4 Å². The Morgan fingerprint density at radius 2 is 1.47 bits per heavy atom. The SMILES string of the molecule is C[C@H](Nc1ccc(N[C@@H](CCC(=O)N[C@@H](CS)C(=O)NCC(=O)O)C(=O)O)cc1)C(=O)O. The minimum atomic E-state index is -1.24. The molecule has 2 amide bonds. The number of hydrogen-bond acceptors (Lipinski definition) is 8. The van der Waals surface area contributed by atoms with Gasteiger partial charge in [-0.1, -0.05) is 0 Å². The summed E-state index contributed by atoms with van der Waals surface area (Å²) in [5.74, 6) is -4.82. The standard InChI is InChI=1S/C19H26N4O8S/c1-10(18(28)29)21-11-2-4-12(5-3-11)22-13(19(30)31)6-7-15(24)23-14(9-32)17(27)20-8-16(25)26/h2-5,10,13-14,21-22,32H,6-9H2,1H3,(H,20,27)(H,23,24)(H,25,26)(H,28,29)(H,30,31)/t10-,13-,14-/m0/s1. The molecule has 0 heterocycles. The Bertz CT molecular complexity index is 833. The van der Waals surface area contributed by atoms with Crippen LogP contribution in [0.25, 0.3) is 0 Å². The largest absolute Gasteiger partial charge is 0.480 e. The molecule has 0 aliphatic rings. The van der Waals surface area contributed by atoms with E-state index in [2.05, 4.69) is 33.9 Å².